The first-order valence-electron chi connectivity index (χ1n) is 9.48. The number of quaternary nitrogens is 2. The van der Waals surface area contributed by atoms with Gasteiger partial charge < -0.3 is 24.8 Å². The van der Waals surface area contributed by atoms with Gasteiger partial charge in [0.15, 0.2) is 6.54 Å². The van der Waals surface area contributed by atoms with Crippen LogP contribution in [0.2, 0.25) is 0 Å². The van der Waals surface area contributed by atoms with Gasteiger partial charge in [0.25, 0.3) is 5.91 Å². The zero-order valence-electron chi connectivity index (χ0n) is 15.5. The summed E-state index contributed by atoms with van der Waals surface area (Å²) in [5, 5.41) is 3.14. The molecule has 0 bridgehead atoms. The average Bonchev–Trinajstić information content (AvgIpc) is 2.63. The van der Waals surface area contributed by atoms with Crippen LogP contribution in [0.25, 0.3) is 0 Å². The first-order chi connectivity index (χ1) is 12.1. The molecule has 138 valence electrons. The summed E-state index contributed by atoms with van der Waals surface area (Å²) in [6.45, 7) is 6.18. The number of hydrogen-bond donors (Lipinski definition) is 3. The number of nitrogens with one attached hydrogen (secondary N) is 3. The molecule has 0 radical (unpaired) electrons. The Hall–Kier alpha value is -1.63. The molecule has 2 saturated heterocycles. The van der Waals surface area contributed by atoms with Crippen LogP contribution in [0.5, 0.6) is 0 Å². The van der Waals surface area contributed by atoms with Crippen LogP contribution in [0.1, 0.15) is 12.8 Å². The molecule has 2 aliphatic heterocycles. The zero-order valence-corrected chi connectivity index (χ0v) is 15.5. The Morgan fingerprint density at radius 3 is 2.68 bits per heavy atom. The van der Waals surface area contributed by atoms with Crippen LogP contribution in [0, 0.1) is 0 Å². The van der Waals surface area contributed by atoms with Gasteiger partial charge in [-0.25, -0.2) is 0 Å². The van der Waals surface area contributed by atoms with Gasteiger partial charge in [0.2, 0.25) is 0 Å². The second kappa shape index (κ2) is 8.65. The van der Waals surface area contributed by atoms with Gasteiger partial charge in [-0.3, -0.25) is 4.79 Å². The van der Waals surface area contributed by atoms with Crippen molar-refractivity contribution in [2.75, 3.05) is 70.2 Å². The van der Waals surface area contributed by atoms with Crippen molar-refractivity contribution in [3.8, 4) is 0 Å². The molecule has 1 aromatic carbocycles. The number of carbonyl (C=O) groups is 1. The molecule has 2 fully saturated rings. The Morgan fingerprint density at radius 2 is 1.96 bits per heavy atom. The van der Waals surface area contributed by atoms with E-state index in [4.69, 9.17) is 4.74 Å². The van der Waals surface area contributed by atoms with Crippen LogP contribution >= 0.6 is 0 Å². The standard InChI is InChI=1S/C19H30N4O2/c1-21-9-7-16(8-10-21)22(2)15-19(24)20-17-5-3-4-6-18(17)23-11-13-25-14-12-23/h3-6,16H,7-15H2,1-2H3,(H,20,24)/p+2. The van der Waals surface area contributed by atoms with Crippen molar-refractivity contribution in [2.45, 2.75) is 18.9 Å². The summed E-state index contributed by atoms with van der Waals surface area (Å²) < 4.78 is 5.44. The summed E-state index contributed by atoms with van der Waals surface area (Å²) in [6, 6.07) is 8.69. The van der Waals surface area contributed by atoms with E-state index in [0.717, 1.165) is 37.7 Å². The highest BCUT2D eigenvalue weighted by Crippen LogP contribution is 2.26. The number of anilines is 2. The van der Waals surface area contributed by atoms with Gasteiger partial charge in [-0.2, -0.15) is 0 Å². The number of rotatable bonds is 5. The lowest BCUT2D eigenvalue weighted by Crippen LogP contribution is -3.18. The molecule has 25 heavy (non-hydrogen) atoms. The lowest BCUT2D eigenvalue weighted by Gasteiger charge is -2.31. The number of amides is 1. The predicted octanol–water partition coefficient (Wildman–Crippen LogP) is -1.35. The van der Waals surface area contributed by atoms with Crippen molar-refractivity contribution in [3.63, 3.8) is 0 Å². The molecule has 0 saturated carbocycles. The van der Waals surface area contributed by atoms with Gasteiger partial charge in [-0.1, -0.05) is 12.1 Å². The molecule has 0 aromatic heterocycles. The molecule has 1 amide bonds. The third-order valence-corrected chi connectivity index (χ3v) is 5.51. The number of benzene rings is 1. The summed E-state index contributed by atoms with van der Waals surface area (Å²) in [6.07, 6.45) is 2.41. The highest BCUT2D eigenvalue weighted by Gasteiger charge is 2.27. The third kappa shape index (κ3) is 4.93. The van der Waals surface area contributed by atoms with E-state index in [2.05, 4.69) is 30.4 Å². The van der Waals surface area contributed by atoms with Crippen molar-refractivity contribution in [1.82, 2.24) is 0 Å². The molecular weight excluding hydrogens is 316 g/mol. The number of hydrogen-bond acceptors (Lipinski definition) is 3. The van der Waals surface area contributed by atoms with Crippen molar-refractivity contribution < 1.29 is 19.3 Å². The molecule has 2 aliphatic rings. The fourth-order valence-corrected chi connectivity index (χ4v) is 3.85. The van der Waals surface area contributed by atoms with Crippen LogP contribution in [0.15, 0.2) is 24.3 Å². The molecule has 0 spiro atoms. The van der Waals surface area contributed by atoms with Crippen LogP contribution < -0.4 is 20.0 Å². The number of carbonyl (C=O) groups excluding carboxylic acids is 1. The Balaban J connectivity index is 1.57. The molecule has 6 heteroatoms. The Kier molecular flexibility index (Phi) is 6.29. The molecule has 1 atom stereocenters. The van der Waals surface area contributed by atoms with Crippen LogP contribution in [-0.2, 0) is 9.53 Å². The number of likely N-dealkylation sites (tertiary alicyclic amines) is 1. The van der Waals surface area contributed by atoms with Crippen molar-refractivity contribution >= 4 is 17.3 Å². The molecule has 1 aromatic rings. The van der Waals surface area contributed by atoms with Gasteiger partial charge in [0, 0.05) is 25.9 Å². The van der Waals surface area contributed by atoms with E-state index in [1.165, 1.54) is 30.8 Å². The average molecular weight is 348 g/mol. The minimum Gasteiger partial charge on any atom is -0.378 e. The maximum Gasteiger partial charge on any atom is 0.279 e. The lowest BCUT2D eigenvalue weighted by atomic mass is 10.0. The van der Waals surface area contributed by atoms with E-state index in [-0.39, 0.29) is 5.91 Å². The van der Waals surface area contributed by atoms with Gasteiger partial charge >= 0.3 is 0 Å². The summed E-state index contributed by atoms with van der Waals surface area (Å²) in [7, 11) is 4.40. The fraction of sp³-hybridized carbons (Fsp3) is 0.632. The number of ether oxygens (including phenoxy) is 1. The fourth-order valence-electron chi connectivity index (χ4n) is 3.85. The monoisotopic (exact) mass is 348 g/mol. The van der Waals surface area contributed by atoms with Crippen LogP contribution in [0.3, 0.4) is 0 Å². The number of morpholine rings is 1. The van der Waals surface area contributed by atoms with E-state index in [1.807, 2.05) is 18.2 Å². The third-order valence-electron chi connectivity index (χ3n) is 5.51. The van der Waals surface area contributed by atoms with Crippen LogP contribution in [-0.4, -0.2) is 72.0 Å². The zero-order chi connectivity index (χ0) is 17.6. The molecule has 3 N–H and O–H groups in total. The summed E-state index contributed by atoms with van der Waals surface area (Å²) in [5.74, 6) is 0.101. The summed E-state index contributed by atoms with van der Waals surface area (Å²) >= 11 is 0. The van der Waals surface area contributed by atoms with E-state index in [0.29, 0.717) is 12.6 Å². The molecule has 6 nitrogen and oxygen atoms in total. The van der Waals surface area contributed by atoms with Gasteiger partial charge in [0.1, 0.15) is 0 Å². The SMILES string of the molecule is C[NH+]1CCC([NH+](C)CC(=O)Nc2ccccc2N2CCOCC2)CC1. The Morgan fingerprint density at radius 1 is 1.28 bits per heavy atom. The molecule has 1 unspecified atom stereocenters. The largest absolute Gasteiger partial charge is 0.378 e. The topological polar surface area (TPSA) is 50.5 Å². The van der Waals surface area contributed by atoms with Gasteiger partial charge in [-0.05, 0) is 12.1 Å². The highest BCUT2D eigenvalue weighted by molar-refractivity contribution is 5.95. The van der Waals surface area contributed by atoms with Crippen molar-refractivity contribution in [3.05, 3.63) is 24.3 Å². The van der Waals surface area contributed by atoms with Crippen molar-refractivity contribution in [1.29, 1.82) is 0 Å². The second-order valence-corrected chi connectivity index (χ2v) is 7.42. The second-order valence-electron chi connectivity index (χ2n) is 7.42. The van der Waals surface area contributed by atoms with Crippen molar-refractivity contribution in [2.24, 2.45) is 0 Å². The van der Waals surface area contributed by atoms with Gasteiger partial charge in [0.05, 0.1) is 57.8 Å². The van der Waals surface area contributed by atoms with E-state index in [1.54, 1.807) is 4.90 Å². The quantitative estimate of drug-likeness (QED) is 0.617. The number of nitrogens with zero attached hydrogens (tertiary/aromatic N) is 1. The maximum absolute atomic E-state index is 12.6. The molecule has 3 rings (SSSR count). The minimum atomic E-state index is 0.101. The van der Waals surface area contributed by atoms with E-state index in [9.17, 15) is 4.79 Å². The predicted molar refractivity (Wildman–Crippen MR) is 99.5 cm³/mol. The number of para-hydroxylation sites is 2. The minimum absolute atomic E-state index is 0.101. The molecule has 0 aliphatic carbocycles. The normalized spacial score (nSPS) is 25.4. The summed E-state index contributed by atoms with van der Waals surface area (Å²) in [4.78, 5) is 17.8. The molecular formula is C19H32N4O2+2. The van der Waals surface area contributed by atoms with E-state index < -0.39 is 0 Å². The highest BCUT2D eigenvalue weighted by atomic mass is 16.5. The van der Waals surface area contributed by atoms with E-state index >= 15 is 0 Å². The first-order valence-corrected chi connectivity index (χ1v) is 9.48. The van der Waals surface area contributed by atoms with Crippen LogP contribution in [0.4, 0.5) is 11.4 Å². The number of likely N-dealkylation sites (N-methyl/N-ethyl adjacent to an activating group) is 1. The lowest BCUT2D eigenvalue weighted by molar-refractivity contribution is -0.935. The Labute approximate surface area is 150 Å². The Bertz CT molecular complexity index is 566. The summed E-state index contributed by atoms with van der Waals surface area (Å²) in [5.41, 5.74) is 2.01. The van der Waals surface area contributed by atoms with Gasteiger partial charge in [-0.15, -0.1) is 0 Å². The maximum atomic E-state index is 12.6. The molecule has 2 heterocycles. The number of piperidine rings is 1. The smallest absolute Gasteiger partial charge is 0.279 e. The first kappa shape index (κ1) is 18.2.